The van der Waals surface area contributed by atoms with Gasteiger partial charge in [-0.25, -0.2) is 9.59 Å². The fraction of sp³-hybridized carbons (Fsp3) is 0.211. The fourth-order valence-corrected chi connectivity index (χ4v) is 2.21. The van der Waals surface area contributed by atoms with Crippen LogP contribution in [0.2, 0.25) is 0 Å². The largest absolute Gasteiger partial charge is 0.450 e. The van der Waals surface area contributed by atoms with Crippen molar-refractivity contribution in [2.45, 2.75) is 13.8 Å². The van der Waals surface area contributed by atoms with Crippen LogP contribution in [0, 0.1) is 18.3 Å². The Hall–Kier alpha value is -3.53. The number of nitrogens with one attached hydrogen (secondary N) is 1. The molecule has 0 heterocycles. The molecule has 7 nitrogen and oxygen atoms in total. The molecule has 2 amide bonds. The summed E-state index contributed by atoms with van der Waals surface area (Å²) in [4.78, 5) is 25.2. The second-order valence-corrected chi connectivity index (χ2v) is 5.32. The van der Waals surface area contributed by atoms with E-state index in [0.717, 1.165) is 5.56 Å². The monoisotopic (exact) mass is 353 g/mol. The van der Waals surface area contributed by atoms with Gasteiger partial charge in [0.05, 0.1) is 12.7 Å². The van der Waals surface area contributed by atoms with Crippen LogP contribution in [0.25, 0.3) is 0 Å². The van der Waals surface area contributed by atoms with Crippen molar-refractivity contribution in [3.8, 4) is 11.8 Å². The van der Waals surface area contributed by atoms with E-state index in [1.165, 1.54) is 11.0 Å². The van der Waals surface area contributed by atoms with Gasteiger partial charge in [0.1, 0.15) is 12.3 Å². The Balaban J connectivity index is 2.14. The molecule has 0 aliphatic rings. The topological polar surface area (TPSA) is 91.7 Å². The Morgan fingerprint density at radius 3 is 2.65 bits per heavy atom. The summed E-state index contributed by atoms with van der Waals surface area (Å²) >= 11 is 0. The molecule has 7 heteroatoms. The number of amides is 2. The minimum atomic E-state index is -0.689. The van der Waals surface area contributed by atoms with Gasteiger partial charge >= 0.3 is 12.2 Å². The lowest BCUT2D eigenvalue weighted by Gasteiger charge is -2.19. The number of hydrogen-bond acceptors (Lipinski definition) is 5. The van der Waals surface area contributed by atoms with Crippen molar-refractivity contribution < 1.29 is 19.1 Å². The number of nitriles is 1. The van der Waals surface area contributed by atoms with E-state index in [1.807, 2.05) is 19.1 Å². The first-order valence-electron chi connectivity index (χ1n) is 8.00. The lowest BCUT2D eigenvalue weighted by atomic mass is 10.2. The van der Waals surface area contributed by atoms with Gasteiger partial charge in [-0.05, 0) is 43.7 Å². The van der Waals surface area contributed by atoms with Gasteiger partial charge in [-0.1, -0.05) is 18.2 Å². The number of aryl methyl sites for hydroxylation is 1. The van der Waals surface area contributed by atoms with Gasteiger partial charge < -0.3 is 9.47 Å². The molecule has 0 saturated heterocycles. The smallest absolute Gasteiger partial charge is 0.420 e. The number of ether oxygens (including phenoxy) is 2. The highest BCUT2D eigenvalue weighted by Gasteiger charge is 2.18. The van der Waals surface area contributed by atoms with Gasteiger partial charge in [0.15, 0.2) is 0 Å². The summed E-state index contributed by atoms with van der Waals surface area (Å²) in [6, 6.07) is 15.5. The molecule has 2 rings (SSSR count). The van der Waals surface area contributed by atoms with Crippen molar-refractivity contribution in [1.82, 2.24) is 0 Å². The van der Waals surface area contributed by atoms with Crippen LogP contribution in [0.4, 0.5) is 21.0 Å². The second-order valence-electron chi connectivity index (χ2n) is 5.32. The molecule has 134 valence electrons. The molecular formula is C19H19N3O4. The molecule has 2 aromatic rings. The zero-order valence-electron chi connectivity index (χ0n) is 14.6. The van der Waals surface area contributed by atoms with E-state index in [2.05, 4.69) is 5.32 Å². The van der Waals surface area contributed by atoms with Gasteiger partial charge in [0.25, 0.3) is 0 Å². The minimum Gasteiger partial charge on any atom is -0.450 e. The van der Waals surface area contributed by atoms with E-state index in [0.29, 0.717) is 11.4 Å². The van der Waals surface area contributed by atoms with Crippen molar-refractivity contribution in [2.24, 2.45) is 0 Å². The molecule has 26 heavy (non-hydrogen) atoms. The maximum Gasteiger partial charge on any atom is 0.420 e. The van der Waals surface area contributed by atoms with Gasteiger partial charge in [-0.15, -0.1) is 0 Å². The Morgan fingerprint density at radius 2 is 1.96 bits per heavy atom. The highest BCUT2D eigenvalue weighted by atomic mass is 16.6. The fourth-order valence-electron chi connectivity index (χ4n) is 2.21. The van der Waals surface area contributed by atoms with Crippen LogP contribution in [0.15, 0.2) is 48.5 Å². The van der Waals surface area contributed by atoms with Crippen LogP contribution >= 0.6 is 0 Å². The highest BCUT2D eigenvalue weighted by Crippen LogP contribution is 2.21. The predicted octanol–water partition coefficient (Wildman–Crippen LogP) is 4.09. The molecule has 0 bridgehead atoms. The van der Waals surface area contributed by atoms with Crippen molar-refractivity contribution in [3.63, 3.8) is 0 Å². The summed E-state index contributed by atoms with van der Waals surface area (Å²) in [5.41, 5.74) is 1.95. The first-order valence-corrected chi connectivity index (χ1v) is 8.00. The molecular weight excluding hydrogens is 334 g/mol. The quantitative estimate of drug-likeness (QED) is 0.817. The highest BCUT2D eigenvalue weighted by molar-refractivity contribution is 5.90. The third-order valence-electron chi connectivity index (χ3n) is 3.32. The van der Waals surface area contributed by atoms with Crippen molar-refractivity contribution >= 4 is 23.6 Å². The first-order chi connectivity index (χ1) is 12.5. The maximum absolute atomic E-state index is 12.5. The zero-order valence-corrected chi connectivity index (χ0v) is 14.6. The zero-order chi connectivity index (χ0) is 18.9. The van der Waals surface area contributed by atoms with E-state index in [4.69, 9.17) is 14.7 Å². The third kappa shape index (κ3) is 5.24. The van der Waals surface area contributed by atoms with Crippen LogP contribution in [0.5, 0.6) is 5.75 Å². The van der Waals surface area contributed by atoms with E-state index in [9.17, 15) is 9.59 Å². The Morgan fingerprint density at radius 1 is 1.19 bits per heavy atom. The lowest BCUT2D eigenvalue weighted by molar-refractivity contribution is 0.168. The molecule has 0 aliphatic heterocycles. The van der Waals surface area contributed by atoms with Crippen LogP contribution in [0.3, 0.4) is 0 Å². The number of hydrogen-bond donors (Lipinski definition) is 1. The van der Waals surface area contributed by atoms with Crippen molar-refractivity contribution in [1.29, 1.82) is 5.26 Å². The van der Waals surface area contributed by atoms with Crippen LogP contribution < -0.4 is 15.0 Å². The van der Waals surface area contributed by atoms with Gasteiger partial charge in [0.2, 0.25) is 0 Å². The number of carbonyl (C=O) groups excluding carboxylic acids is 2. The van der Waals surface area contributed by atoms with E-state index >= 15 is 0 Å². The molecule has 0 fully saturated rings. The standard InChI is InChI=1S/C19H19N3O4/c1-3-25-18(23)21-15-7-5-9-17(13-15)26-19(24)22(11-10-20)16-8-4-6-14(2)12-16/h4-9,12-13H,3,11H2,1-2H3,(H,21,23). The van der Waals surface area contributed by atoms with E-state index in [1.54, 1.807) is 43.3 Å². The lowest BCUT2D eigenvalue weighted by Crippen LogP contribution is -2.34. The summed E-state index contributed by atoms with van der Waals surface area (Å²) in [6.45, 7) is 3.69. The van der Waals surface area contributed by atoms with Crippen LogP contribution in [-0.2, 0) is 4.74 Å². The molecule has 0 saturated carbocycles. The molecule has 0 unspecified atom stereocenters. The average molecular weight is 353 g/mol. The molecule has 0 atom stereocenters. The van der Waals surface area contributed by atoms with Gasteiger partial charge in [0, 0.05) is 17.4 Å². The maximum atomic E-state index is 12.5. The average Bonchev–Trinajstić information content (AvgIpc) is 2.60. The summed E-state index contributed by atoms with van der Waals surface area (Å²) in [5.74, 6) is 0.236. The normalized spacial score (nSPS) is 9.73. The van der Waals surface area contributed by atoms with Crippen molar-refractivity contribution in [3.05, 3.63) is 54.1 Å². The molecule has 0 radical (unpaired) electrons. The van der Waals surface area contributed by atoms with Crippen molar-refractivity contribution in [2.75, 3.05) is 23.4 Å². The number of anilines is 2. The van der Waals surface area contributed by atoms with E-state index in [-0.39, 0.29) is 18.9 Å². The van der Waals surface area contributed by atoms with Crippen LogP contribution in [-0.4, -0.2) is 25.3 Å². The summed E-state index contributed by atoms with van der Waals surface area (Å²) < 4.78 is 10.2. The summed E-state index contributed by atoms with van der Waals surface area (Å²) in [6.07, 6.45) is -1.28. The Labute approximate surface area is 151 Å². The Bertz CT molecular complexity index is 830. The molecule has 0 spiro atoms. The second kappa shape index (κ2) is 9.08. The molecule has 0 aromatic heterocycles. The summed E-state index contributed by atoms with van der Waals surface area (Å²) in [7, 11) is 0. The minimum absolute atomic E-state index is 0.150. The van der Waals surface area contributed by atoms with E-state index < -0.39 is 12.2 Å². The van der Waals surface area contributed by atoms with Gasteiger partial charge in [-0.2, -0.15) is 5.26 Å². The SMILES string of the molecule is CCOC(=O)Nc1cccc(OC(=O)N(CC#N)c2cccc(C)c2)c1. The third-order valence-corrected chi connectivity index (χ3v) is 3.32. The van der Waals surface area contributed by atoms with Crippen LogP contribution in [0.1, 0.15) is 12.5 Å². The first kappa shape index (κ1) is 18.8. The molecule has 0 aliphatic carbocycles. The number of rotatable bonds is 5. The Kier molecular flexibility index (Phi) is 6.57. The number of carbonyl (C=O) groups is 2. The molecule has 1 N–H and O–H groups in total. The predicted molar refractivity (Wildman–Crippen MR) is 97.2 cm³/mol. The summed E-state index contributed by atoms with van der Waals surface area (Å²) in [5, 5.41) is 11.5. The molecule has 2 aromatic carbocycles. The van der Waals surface area contributed by atoms with Gasteiger partial charge in [-0.3, -0.25) is 10.2 Å². The number of benzene rings is 2. The number of nitrogens with zero attached hydrogens (tertiary/aromatic N) is 2.